The first-order valence-electron chi connectivity index (χ1n) is 5.63. The number of aryl methyl sites for hydroxylation is 1. The largest absolute Gasteiger partial charge is 0.293 e. The zero-order chi connectivity index (χ0) is 13.0. The molecule has 0 spiro atoms. The molecule has 0 radical (unpaired) electrons. The minimum absolute atomic E-state index is 0.169. The van der Waals surface area contributed by atoms with Gasteiger partial charge in [0.15, 0.2) is 5.78 Å². The second-order valence-electron chi connectivity index (χ2n) is 4.03. The van der Waals surface area contributed by atoms with Gasteiger partial charge in [-0.1, -0.05) is 45.8 Å². The van der Waals surface area contributed by atoms with Crippen molar-refractivity contribution in [3.63, 3.8) is 0 Å². The van der Waals surface area contributed by atoms with Crippen molar-refractivity contribution in [2.24, 2.45) is 0 Å². The Labute approximate surface area is 120 Å². The predicted molar refractivity (Wildman–Crippen MR) is 80.4 cm³/mol. The number of carbonyl (C=O) groups excluding carboxylic acids is 1. The molecule has 2 rings (SSSR count). The van der Waals surface area contributed by atoms with Crippen LogP contribution < -0.4 is 0 Å². The maximum atomic E-state index is 12.0. The SMILES string of the molecule is Cc1ccc(C(=O)CSc2ccc(Br)cc2)cc1. The Morgan fingerprint density at radius 2 is 1.67 bits per heavy atom. The fourth-order valence-electron chi connectivity index (χ4n) is 1.50. The summed E-state index contributed by atoms with van der Waals surface area (Å²) < 4.78 is 1.05. The Bertz CT molecular complexity index is 531. The number of hydrogen-bond acceptors (Lipinski definition) is 2. The van der Waals surface area contributed by atoms with Crippen LogP contribution in [0.15, 0.2) is 57.9 Å². The first-order valence-corrected chi connectivity index (χ1v) is 7.41. The molecule has 0 bridgehead atoms. The Morgan fingerprint density at radius 3 is 2.28 bits per heavy atom. The van der Waals surface area contributed by atoms with E-state index in [-0.39, 0.29) is 5.78 Å². The van der Waals surface area contributed by atoms with Gasteiger partial charge in [0, 0.05) is 14.9 Å². The van der Waals surface area contributed by atoms with Crippen LogP contribution >= 0.6 is 27.7 Å². The first kappa shape index (κ1) is 13.4. The number of hydrogen-bond donors (Lipinski definition) is 0. The van der Waals surface area contributed by atoms with Gasteiger partial charge in [-0.2, -0.15) is 0 Å². The van der Waals surface area contributed by atoms with Crippen LogP contribution in [-0.2, 0) is 0 Å². The monoisotopic (exact) mass is 320 g/mol. The van der Waals surface area contributed by atoms with Gasteiger partial charge in [0.25, 0.3) is 0 Å². The van der Waals surface area contributed by atoms with Crippen LogP contribution in [0, 0.1) is 6.92 Å². The number of rotatable bonds is 4. The molecule has 2 aromatic rings. The second kappa shape index (κ2) is 6.21. The highest BCUT2D eigenvalue weighted by atomic mass is 79.9. The van der Waals surface area contributed by atoms with E-state index in [4.69, 9.17) is 0 Å². The zero-order valence-corrected chi connectivity index (χ0v) is 12.4. The third kappa shape index (κ3) is 3.72. The Kier molecular flexibility index (Phi) is 4.61. The van der Waals surface area contributed by atoms with E-state index in [9.17, 15) is 4.79 Å². The zero-order valence-electron chi connectivity index (χ0n) is 10.0. The van der Waals surface area contributed by atoms with Gasteiger partial charge in [-0.15, -0.1) is 11.8 Å². The third-order valence-electron chi connectivity index (χ3n) is 2.56. The summed E-state index contributed by atoms with van der Waals surface area (Å²) in [6.45, 7) is 2.02. The van der Waals surface area contributed by atoms with Crippen LogP contribution in [0.2, 0.25) is 0 Å². The van der Waals surface area contributed by atoms with E-state index in [1.807, 2.05) is 55.5 Å². The molecule has 1 nitrogen and oxygen atoms in total. The summed E-state index contributed by atoms with van der Waals surface area (Å²) in [5.74, 6) is 0.646. The Balaban J connectivity index is 1.96. The summed E-state index contributed by atoms with van der Waals surface area (Å²) >= 11 is 4.96. The lowest BCUT2D eigenvalue weighted by molar-refractivity contribution is 0.102. The van der Waals surface area contributed by atoms with Crippen molar-refractivity contribution in [3.8, 4) is 0 Å². The molecule has 0 aliphatic carbocycles. The molecule has 18 heavy (non-hydrogen) atoms. The molecule has 0 aliphatic rings. The van der Waals surface area contributed by atoms with Crippen LogP contribution in [0.5, 0.6) is 0 Å². The normalized spacial score (nSPS) is 10.3. The molecule has 0 saturated carbocycles. The van der Waals surface area contributed by atoms with Gasteiger partial charge in [-0.3, -0.25) is 4.79 Å². The Hall–Kier alpha value is -1.06. The minimum atomic E-state index is 0.169. The van der Waals surface area contributed by atoms with Gasteiger partial charge in [0.1, 0.15) is 0 Å². The molecule has 92 valence electrons. The minimum Gasteiger partial charge on any atom is -0.293 e. The van der Waals surface area contributed by atoms with Crippen molar-refractivity contribution in [1.82, 2.24) is 0 Å². The van der Waals surface area contributed by atoms with Gasteiger partial charge < -0.3 is 0 Å². The van der Waals surface area contributed by atoms with E-state index in [0.29, 0.717) is 5.75 Å². The highest BCUT2D eigenvalue weighted by Crippen LogP contribution is 2.21. The number of benzene rings is 2. The van der Waals surface area contributed by atoms with Crippen LogP contribution in [0.1, 0.15) is 15.9 Å². The third-order valence-corrected chi connectivity index (χ3v) is 4.10. The number of ketones is 1. The van der Waals surface area contributed by atoms with Gasteiger partial charge in [-0.25, -0.2) is 0 Å². The summed E-state index contributed by atoms with van der Waals surface area (Å²) in [6, 6.07) is 15.7. The molecule has 0 aromatic heterocycles. The van der Waals surface area contributed by atoms with Crippen molar-refractivity contribution in [2.75, 3.05) is 5.75 Å². The highest BCUT2D eigenvalue weighted by molar-refractivity contribution is 9.10. The first-order chi connectivity index (χ1) is 8.65. The molecule has 0 saturated heterocycles. The fourth-order valence-corrected chi connectivity index (χ4v) is 2.56. The molecule has 0 amide bonds. The van der Waals surface area contributed by atoms with Crippen molar-refractivity contribution >= 4 is 33.5 Å². The van der Waals surface area contributed by atoms with E-state index in [1.54, 1.807) is 11.8 Å². The van der Waals surface area contributed by atoms with Crippen molar-refractivity contribution < 1.29 is 4.79 Å². The highest BCUT2D eigenvalue weighted by Gasteiger charge is 2.06. The summed E-state index contributed by atoms with van der Waals surface area (Å²) in [7, 11) is 0. The van der Waals surface area contributed by atoms with E-state index in [1.165, 1.54) is 5.56 Å². The molecular weight excluding hydrogens is 308 g/mol. The van der Waals surface area contributed by atoms with Crippen LogP contribution in [0.4, 0.5) is 0 Å². The topological polar surface area (TPSA) is 17.1 Å². The maximum Gasteiger partial charge on any atom is 0.173 e. The van der Waals surface area contributed by atoms with E-state index < -0.39 is 0 Å². The summed E-state index contributed by atoms with van der Waals surface area (Å²) in [5, 5.41) is 0. The lowest BCUT2D eigenvalue weighted by Gasteiger charge is -2.02. The molecule has 0 heterocycles. The smallest absolute Gasteiger partial charge is 0.173 e. The van der Waals surface area contributed by atoms with E-state index >= 15 is 0 Å². The van der Waals surface area contributed by atoms with E-state index in [2.05, 4.69) is 15.9 Å². The fraction of sp³-hybridized carbons (Fsp3) is 0.133. The molecule has 0 unspecified atom stereocenters. The second-order valence-corrected chi connectivity index (χ2v) is 6.00. The quantitative estimate of drug-likeness (QED) is 0.598. The van der Waals surface area contributed by atoms with Crippen LogP contribution in [0.25, 0.3) is 0 Å². The molecule has 3 heteroatoms. The standard InChI is InChI=1S/C15H13BrOS/c1-11-2-4-12(5-3-11)15(17)10-18-14-8-6-13(16)7-9-14/h2-9H,10H2,1H3. The molecule has 0 atom stereocenters. The number of halogens is 1. The molecule has 0 fully saturated rings. The maximum absolute atomic E-state index is 12.0. The molecular formula is C15H13BrOS. The Morgan fingerprint density at radius 1 is 1.06 bits per heavy atom. The average molecular weight is 321 g/mol. The van der Waals surface area contributed by atoms with Gasteiger partial charge in [0.05, 0.1) is 5.75 Å². The summed E-state index contributed by atoms with van der Waals surface area (Å²) in [6.07, 6.45) is 0. The van der Waals surface area contributed by atoms with Crippen LogP contribution in [-0.4, -0.2) is 11.5 Å². The summed E-state index contributed by atoms with van der Waals surface area (Å²) in [5.41, 5.74) is 1.96. The van der Waals surface area contributed by atoms with Gasteiger partial charge in [-0.05, 0) is 31.2 Å². The number of thioether (sulfide) groups is 1. The van der Waals surface area contributed by atoms with Gasteiger partial charge in [0.2, 0.25) is 0 Å². The summed E-state index contributed by atoms with van der Waals surface area (Å²) in [4.78, 5) is 13.1. The predicted octanol–water partition coefficient (Wildman–Crippen LogP) is 4.73. The van der Waals surface area contributed by atoms with Crippen molar-refractivity contribution in [2.45, 2.75) is 11.8 Å². The lowest BCUT2D eigenvalue weighted by atomic mass is 10.1. The number of Topliss-reactive ketones (excluding diaryl/α,β-unsaturated/α-hetero) is 1. The lowest BCUT2D eigenvalue weighted by Crippen LogP contribution is -2.01. The molecule has 0 N–H and O–H groups in total. The van der Waals surface area contributed by atoms with E-state index in [0.717, 1.165) is 14.9 Å². The van der Waals surface area contributed by atoms with Gasteiger partial charge >= 0.3 is 0 Å². The number of carbonyl (C=O) groups is 1. The van der Waals surface area contributed by atoms with Crippen molar-refractivity contribution in [3.05, 3.63) is 64.1 Å². The van der Waals surface area contributed by atoms with Crippen LogP contribution in [0.3, 0.4) is 0 Å². The molecule has 2 aromatic carbocycles. The van der Waals surface area contributed by atoms with Crippen molar-refractivity contribution in [1.29, 1.82) is 0 Å². The average Bonchev–Trinajstić information content (AvgIpc) is 2.38. The molecule has 0 aliphatic heterocycles.